The molecule has 2 N–H and O–H groups in total. The smallest absolute Gasteiger partial charge is 0.317 e. The van der Waals surface area contributed by atoms with E-state index < -0.39 is 0 Å². The molecule has 1 aromatic carbocycles. The molecule has 1 heterocycles. The van der Waals surface area contributed by atoms with Crippen molar-refractivity contribution in [3.05, 3.63) is 23.8 Å². The number of methoxy groups -OCH3 is 2. The number of carbonyl (C=O) groups is 1. The first-order valence-electron chi connectivity index (χ1n) is 7.05. The minimum atomic E-state index is -0.278. The number of rotatable bonds is 4. The van der Waals surface area contributed by atoms with Crippen molar-refractivity contribution in [3.8, 4) is 11.5 Å². The molecule has 0 unspecified atom stereocenters. The Hall–Kier alpha value is -1.95. The molecule has 0 aromatic heterocycles. The molecule has 0 bridgehead atoms. The van der Waals surface area contributed by atoms with Gasteiger partial charge < -0.3 is 24.8 Å². The Morgan fingerprint density at radius 1 is 1.29 bits per heavy atom. The van der Waals surface area contributed by atoms with Crippen molar-refractivity contribution in [3.63, 3.8) is 0 Å². The number of amides is 2. The zero-order chi connectivity index (χ0) is 15.2. The number of urea groups is 1. The van der Waals surface area contributed by atoms with Gasteiger partial charge in [-0.1, -0.05) is 6.07 Å². The number of aliphatic hydroxyl groups excluding tert-OH is 1. The van der Waals surface area contributed by atoms with E-state index in [0.717, 1.165) is 5.56 Å². The van der Waals surface area contributed by atoms with Gasteiger partial charge in [0.05, 0.1) is 20.3 Å². The van der Waals surface area contributed by atoms with E-state index in [9.17, 15) is 9.90 Å². The lowest BCUT2D eigenvalue weighted by molar-refractivity contribution is 0.0936. The third-order valence-corrected chi connectivity index (χ3v) is 3.64. The highest BCUT2D eigenvalue weighted by Gasteiger charge is 2.20. The van der Waals surface area contributed by atoms with E-state index in [1.54, 1.807) is 19.1 Å². The Balaban J connectivity index is 1.89. The summed E-state index contributed by atoms with van der Waals surface area (Å²) in [6, 6.07) is 5.45. The molecule has 21 heavy (non-hydrogen) atoms. The number of likely N-dealkylation sites (tertiary alicyclic amines) is 1. The van der Waals surface area contributed by atoms with E-state index in [0.29, 0.717) is 44.0 Å². The zero-order valence-corrected chi connectivity index (χ0v) is 12.5. The van der Waals surface area contributed by atoms with E-state index in [1.807, 2.05) is 18.2 Å². The normalized spacial score (nSPS) is 15.7. The lowest BCUT2D eigenvalue weighted by Crippen LogP contribution is -2.45. The molecule has 6 nitrogen and oxygen atoms in total. The molecule has 0 saturated carbocycles. The standard InChI is InChI=1S/C15H22N2O4/c1-20-13-4-3-11(9-14(13)21-2)10-16-15(19)17-7-5-12(18)6-8-17/h3-4,9,12,18H,5-8,10H2,1-2H3,(H,16,19). The van der Waals surface area contributed by atoms with Gasteiger partial charge in [0.2, 0.25) is 0 Å². The summed E-state index contributed by atoms with van der Waals surface area (Å²) in [5.41, 5.74) is 0.943. The lowest BCUT2D eigenvalue weighted by atomic mass is 10.1. The molecule has 1 fully saturated rings. The number of nitrogens with zero attached hydrogens (tertiary/aromatic N) is 1. The fraction of sp³-hybridized carbons (Fsp3) is 0.533. The highest BCUT2D eigenvalue weighted by molar-refractivity contribution is 5.74. The molecule has 0 radical (unpaired) electrons. The minimum Gasteiger partial charge on any atom is -0.493 e. The number of piperidine rings is 1. The molecule has 1 saturated heterocycles. The second kappa shape index (κ2) is 7.17. The van der Waals surface area contributed by atoms with Crippen molar-refractivity contribution in [1.29, 1.82) is 0 Å². The molecule has 1 aromatic rings. The van der Waals surface area contributed by atoms with E-state index in [4.69, 9.17) is 9.47 Å². The first-order chi connectivity index (χ1) is 10.1. The number of benzene rings is 1. The molecule has 2 amide bonds. The summed E-state index contributed by atoms with van der Waals surface area (Å²) in [6.07, 6.45) is 1.01. The summed E-state index contributed by atoms with van der Waals surface area (Å²) in [5, 5.41) is 12.3. The number of hydrogen-bond acceptors (Lipinski definition) is 4. The molecule has 0 aliphatic carbocycles. The van der Waals surface area contributed by atoms with Crippen molar-refractivity contribution in [2.24, 2.45) is 0 Å². The van der Waals surface area contributed by atoms with Crippen molar-refractivity contribution in [2.75, 3.05) is 27.3 Å². The molecule has 1 aliphatic rings. The number of hydrogen-bond donors (Lipinski definition) is 2. The molecule has 0 spiro atoms. The van der Waals surface area contributed by atoms with Gasteiger partial charge in [-0.2, -0.15) is 0 Å². The Morgan fingerprint density at radius 2 is 1.95 bits per heavy atom. The lowest BCUT2D eigenvalue weighted by Gasteiger charge is -2.29. The number of carbonyl (C=O) groups excluding carboxylic acids is 1. The SMILES string of the molecule is COc1ccc(CNC(=O)N2CCC(O)CC2)cc1OC. The molecular weight excluding hydrogens is 272 g/mol. The van der Waals surface area contributed by atoms with Crippen LogP contribution in [0.4, 0.5) is 4.79 Å². The van der Waals surface area contributed by atoms with Crippen LogP contribution in [0.1, 0.15) is 18.4 Å². The van der Waals surface area contributed by atoms with Gasteiger partial charge in [0.1, 0.15) is 0 Å². The third kappa shape index (κ3) is 4.01. The van der Waals surface area contributed by atoms with E-state index in [2.05, 4.69) is 5.32 Å². The van der Waals surface area contributed by atoms with Crippen molar-refractivity contribution in [1.82, 2.24) is 10.2 Å². The van der Waals surface area contributed by atoms with E-state index in [1.165, 1.54) is 0 Å². The monoisotopic (exact) mass is 294 g/mol. The van der Waals surface area contributed by atoms with Gasteiger partial charge in [0.15, 0.2) is 11.5 Å². The molecule has 0 atom stereocenters. The summed E-state index contributed by atoms with van der Waals surface area (Å²) in [7, 11) is 3.17. The first kappa shape index (κ1) is 15.4. The highest BCUT2D eigenvalue weighted by atomic mass is 16.5. The molecular formula is C15H22N2O4. The van der Waals surface area contributed by atoms with E-state index >= 15 is 0 Å². The van der Waals surface area contributed by atoms with E-state index in [-0.39, 0.29) is 12.1 Å². The molecule has 6 heteroatoms. The number of aliphatic hydroxyl groups is 1. The van der Waals surface area contributed by atoms with Gasteiger partial charge in [0, 0.05) is 19.6 Å². The van der Waals surface area contributed by atoms with Crippen LogP contribution in [0.3, 0.4) is 0 Å². The van der Waals surface area contributed by atoms with Gasteiger partial charge in [0.25, 0.3) is 0 Å². The summed E-state index contributed by atoms with van der Waals surface area (Å²) in [6.45, 7) is 1.62. The maximum Gasteiger partial charge on any atom is 0.317 e. The van der Waals surface area contributed by atoms with Crippen LogP contribution in [-0.2, 0) is 6.54 Å². The van der Waals surface area contributed by atoms with Crippen LogP contribution in [0, 0.1) is 0 Å². The highest BCUT2D eigenvalue weighted by Crippen LogP contribution is 2.27. The molecule has 1 aliphatic heterocycles. The third-order valence-electron chi connectivity index (χ3n) is 3.64. The first-order valence-corrected chi connectivity index (χ1v) is 7.05. The van der Waals surface area contributed by atoms with Crippen LogP contribution in [0.15, 0.2) is 18.2 Å². The fourth-order valence-corrected chi connectivity index (χ4v) is 2.35. The Bertz CT molecular complexity index is 485. The van der Waals surface area contributed by atoms with Crippen LogP contribution in [-0.4, -0.2) is 49.5 Å². The summed E-state index contributed by atoms with van der Waals surface area (Å²) < 4.78 is 10.4. The summed E-state index contributed by atoms with van der Waals surface area (Å²) in [4.78, 5) is 13.8. The summed E-state index contributed by atoms with van der Waals surface area (Å²) >= 11 is 0. The van der Waals surface area contributed by atoms with Crippen LogP contribution < -0.4 is 14.8 Å². The van der Waals surface area contributed by atoms with Crippen LogP contribution in [0.2, 0.25) is 0 Å². The fourth-order valence-electron chi connectivity index (χ4n) is 2.35. The van der Waals surface area contributed by atoms with Gasteiger partial charge in [-0.3, -0.25) is 0 Å². The van der Waals surface area contributed by atoms with Crippen LogP contribution in [0.25, 0.3) is 0 Å². The quantitative estimate of drug-likeness (QED) is 0.880. The number of nitrogens with one attached hydrogen (secondary N) is 1. The predicted molar refractivity (Wildman–Crippen MR) is 78.6 cm³/mol. The second-order valence-electron chi connectivity index (χ2n) is 5.07. The largest absolute Gasteiger partial charge is 0.493 e. The predicted octanol–water partition coefficient (Wildman–Crippen LogP) is 1.37. The van der Waals surface area contributed by atoms with Crippen LogP contribution in [0.5, 0.6) is 11.5 Å². The molecule has 116 valence electrons. The molecule has 2 rings (SSSR count). The van der Waals surface area contributed by atoms with Gasteiger partial charge in [-0.05, 0) is 30.5 Å². The minimum absolute atomic E-state index is 0.100. The zero-order valence-electron chi connectivity index (χ0n) is 12.5. The van der Waals surface area contributed by atoms with Crippen LogP contribution >= 0.6 is 0 Å². The second-order valence-corrected chi connectivity index (χ2v) is 5.07. The average Bonchev–Trinajstić information content (AvgIpc) is 2.52. The van der Waals surface area contributed by atoms with Crippen molar-refractivity contribution >= 4 is 6.03 Å². The maximum atomic E-state index is 12.0. The average molecular weight is 294 g/mol. The van der Waals surface area contributed by atoms with Gasteiger partial charge in [-0.15, -0.1) is 0 Å². The number of ether oxygens (including phenoxy) is 2. The summed E-state index contributed by atoms with van der Waals surface area (Å²) in [5.74, 6) is 1.31. The van der Waals surface area contributed by atoms with Gasteiger partial charge >= 0.3 is 6.03 Å². The van der Waals surface area contributed by atoms with Crippen molar-refractivity contribution in [2.45, 2.75) is 25.5 Å². The van der Waals surface area contributed by atoms with Gasteiger partial charge in [-0.25, -0.2) is 4.79 Å². The Kier molecular flexibility index (Phi) is 5.27. The van der Waals surface area contributed by atoms with Crippen molar-refractivity contribution < 1.29 is 19.4 Å². The Morgan fingerprint density at radius 3 is 2.57 bits per heavy atom. The Labute approximate surface area is 124 Å². The topological polar surface area (TPSA) is 71.0 Å². The maximum absolute atomic E-state index is 12.0.